The van der Waals surface area contributed by atoms with Crippen LogP contribution >= 0.6 is 0 Å². The number of carbonyl (C=O) groups is 2. The normalized spacial score (nSPS) is 16.9. The molecule has 0 radical (unpaired) electrons. The summed E-state index contributed by atoms with van der Waals surface area (Å²) in [5.41, 5.74) is 5.07. The maximum Gasteiger partial charge on any atom is 0.253 e. The molecule has 2 amide bonds. The molecule has 2 aromatic carbocycles. The lowest BCUT2D eigenvalue weighted by molar-refractivity contribution is -0.116. The van der Waals surface area contributed by atoms with Gasteiger partial charge in [-0.3, -0.25) is 9.59 Å². The van der Waals surface area contributed by atoms with Gasteiger partial charge in [-0.15, -0.1) is 0 Å². The van der Waals surface area contributed by atoms with Crippen molar-refractivity contribution in [3.63, 3.8) is 0 Å². The zero-order valence-electron chi connectivity index (χ0n) is 15.0. The van der Waals surface area contributed by atoms with Gasteiger partial charge in [0.1, 0.15) is 0 Å². The molecule has 134 valence electrons. The molecule has 2 aliphatic rings. The number of piperazine rings is 1. The van der Waals surface area contributed by atoms with E-state index in [0.29, 0.717) is 18.4 Å². The molecule has 1 fully saturated rings. The fourth-order valence-electron chi connectivity index (χ4n) is 3.69. The second-order valence-corrected chi connectivity index (χ2v) is 7.04. The number of hydrogen-bond donors (Lipinski definition) is 1. The van der Waals surface area contributed by atoms with Gasteiger partial charge in [-0.05, 0) is 54.8 Å². The van der Waals surface area contributed by atoms with E-state index in [9.17, 15) is 9.59 Å². The Hall–Kier alpha value is -2.82. The maximum atomic E-state index is 12.9. The number of fused-ring (bicyclic) bond motifs is 1. The van der Waals surface area contributed by atoms with Crippen LogP contribution in [0.5, 0.6) is 0 Å². The predicted octanol–water partition coefficient (Wildman–Crippen LogP) is 2.84. The highest BCUT2D eigenvalue weighted by Gasteiger charge is 2.24. The molecule has 26 heavy (non-hydrogen) atoms. The second kappa shape index (κ2) is 6.83. The van der Waals surface area contributed by atoms with Crippen LogP contribution in [0.1, 0.15) is 27.9 Å². The van der Waals surface area contributed by atoms with E-state index in [1.807, 2.05) is 23.1 Å². The molecule has 2 aliphatic heterocycles. The highest BCUT2D eigenvalue weighted by Crippen LogP contribution is 2.25. The quantitative estimate of drug-likeness (QED) is 0.907. The van der Waals surface area contributed by atoms with Crippen LogP contribution in [0.4, 0.5) is 11.4 Å². The lowest BCUT2D eigenvalue weighted by atomic mass is 10.00. The van der Waals surface area contributed by atoms with E-state index in [0.717, 1.165) is 37.4 Å². The topological polar surface area (TPSA) is 52.7 Å². The minimum Gasteiger partial charge on any atom is -0.368 e. The number of amides is 2. The van der Waals surface area contributed by atoms with Crippen molar-refractivity contribution in [3.05, 3.63) is 59.2 Å². The van der Waals surface area contributed by atoms with Gasteiger partial charge in [0, 0.05) is 49.5 Å². The minimum atomic E-state index is 0.0452. The highest BCUT2D eigenvalue weighted by atomic mass is 16.2. The van der Waals surface area contributed by atoms with Gasteiger partial charge in [-0.2, -0.15) is 0 Å². The van der Waals surface area contributed by atoms with Crippen molar-refractivity contribution >= 4 is 23.2 Å². The Kier molecular flexibility index (Phi) is 4.37. The lowest BCUT2D eigenvalue weighted by Crippen LogP contribution is -2.48. The fourth-order valence-corrected chi connectivity index (χ4v) is 3.69. The Morgan fingerprint density at radius 1 is 1.00 bits per heavy atom. The molecule has 0 bridgehead atoms. The standard InChI is InChI=1S/C21H23N3O2/c1-15-3-2-4-18(13-15)23-9-11-24(12-10-23)21(26)17-5-7-19-16(14-17)6-8-20(25)22-19/h2-5,7,13-14H,6,8-12H2,1H3,(H,22,25). The van der Waals surface area contributed by atoms with Gasteiger partial charge in [-0.1, -0.05) is 12.1 Å². The van der Waals surface area contributed by atoms with Gasteiger partial charge in [0.15, 0.2) is 0 Å². The number of nitrogens with zero attached hydrogens (tertiary/aromatic N) is 2. The summed E-state index contributed by atoms with van der Waals surface area (Å²) in [6, 6.07) is 14.1. The van der Waals surface area contributed by atoms with Crippen LogP contribution in [0, 0.1) is 6.92 Å². The van der Waals surface area contributed by atoms with Crippen molar-refractivity contribution < 1.29 is 9.59 Å². The third-order valence-electron chi connectivity index (χ3n) is 5.18. The third-order valence-corrected chi connectivity index (χ3v) is 5.18. The van der Waals surface area contributed by atoms with E-state index in [2.05, 4.69) is 41.4 Å². The first kappa shape index (κ1) is 16.6. The largest absolute Gasteiger partial charge is 0.368 e. The van der Waals surface area contributed by atoms with Crippen LogP contribution in [0.3, 0.4) is 0 Å². The van der Waals surface area contributed by atoms with Gasteiger partial charge in [0.2, 0.25) is 5.91 Å². The van der Waals surface area contributed by atoms with Gasteiger partial charge in [0.25, 0.3) is 5.91 Å². The SMILES string of the molecule is Cc1cccc(N2CCN(C(=O)c3ccc4c(c3)CCC(=O)N4)CC2)c1. The number of nitrogens with one attached hydrogen (secondary N) is 1. The van der Waals surface area contributed by atoms with Crippen LogP contribution in [-0.2, 0) is 11.2 Å². The summed E-state index contributed by atoms with van der Waals surface area (Å²) in [4.78, 5) is 28.6. The Bertz CT molecular complexity index is 854. The van der Waals surface area contributed by atoms with E-state index in [1.165, 1.54) is 11.3 Å². The molecular formula is C21H23N3O2. The molecule has 0 atom stereocenters. The molecule has 0 aliphatic carbocycles. The molecule has 5 heteroatoms. The van der Waals surface area contributed by atoms with Gasteiger partial charge < -0.3 is 15.1 Å². The summed E-state index contributed by atoms with van der Waals surface area (Å²) in [6.07, 6.45) is 1.18. The van der Waals surface area contributed by atoms with Crippen molar-refractivity contribution in [1.82, 2.24) is 4.90 Å². The summed E-state index contributed by atoms with van der Waals surface area (Å²) in [6.45, 7) is 5.23. The molecule has 5 nitrogen and oxygen atoms in total. The minimum absolute atomic E-state index is 0.0452. The average molecular weight is 349 g/mol. The number of anilines is 2. The first-order valence-corrected chi connectivity index (χ1v) is 9.14. The molecule has 0 spiro atoms. The Morgan fingerprint density at radius 2 is 1.81 bits per heavy atom. The van der Waals surface area contributed by atoms with E-state index in [-0.39, 0.29) is 11.8 Å². The molecule has 1 saturated heterocycles. The predicted molar refractivity (Wildman–Crippen MR) is 103 cm³/mol. The Labute approximate surface area is 153 Å². The monoisotopic (exact) mass is 349 g/mol. The van der Waals surface area contributed by atoms with Crippen LogP contribution in [0.15, 0.2) is 42.5 Å². The highest BCUT2D eigenvalue weighted by molar-refractivity contribution is 5.98. The van der Waals surface area contributed by atoms with Gasteiger partial charge in [-0.25, -0.2) is 0 Å². The van der Waals surface area contributed by atoms with E-state index >= 15 is 0 Å². The van der Waals surface area contributed by atoms with Crippen LogP contribution in [0.2, 0.25) is 0 Å². The summed E-state index contributed by atoms with van der Waals surface area (Å²) >= 11 is 0. The van der Waals surface area contributed by atoms with Gasteiger partial charge in [0.05, 0.1) is 0 Å². The molecule has 4 rings (SSSR count). The van der Waals surface area contributed by atoms with Crippen LogP contribution in [0.25, 0.3) is 0 Å². The molecule has 2 aromatic rings. The first-order valence-electron chi connectivity index (χ1n) is 9.14. The lowest BCUT2D eigenvalue weighted by Gasteiger charge is -2.36. The van der Waals surface area contributed by atoms with E-state index < -0.39 is 0 Å². The van der Waals surface area contributed by atoms with Gasteiger partial charge >= 0.3 is 0 Å². The Morgan fingerprint density at radius 3 is 2.58 bits per heavy atom. The van der Waals surface area contributed by atoms with E-state index in [4.69, 9.17) is 0 Å². The zero-order valence-corrected chi connectivity index (χ0v) is 15.0. The number of benzene rings is 2. The molecule has 2 heterocycles. The summed E-state index contributed by atoms with van der Waals surface area (Å²) < 4.78 is 0. The fraction of sp³-hybridized carbons (Fsp3) is 0.333. The molecule has 1 N–H and O–H groups in total. The number of rotatable bonds is 2. The number of hydrogen-bond acceptors (Lipinski definition) is 3. The van der Waals surface area contributed by atoms with Crippen molar-refractivity contribution in [2.45, 2.75) is 19.8 Å². The summed E-state index contributed by atoms with van der Waals surface area (Å²) in [5, 5.41) is 2.86. The van der Waals surface area contributed by atoms with Crippen molar-refractivity contribution in [2.24, 2.45) is 0 Å². The summed E-state index contributed by atoms with van der Waals surface area (Å²) in [5.74, 6) is 0.123. The number of aryl methyl sites for hydroxylation is 2. The maximum absolute atomic E-state index is 12.9. The van der Waals surface area contributed by atoms with Crippen molar-refractivity contribution in [1.29, 1.82) is 0 Å². The average Bonchev–Trinajstić information content (AvgIpc) is 2.67. The second-order valence-electron chi connectivity index (χ2n) is 7.04. The Balaban J connectivity index is 1.43. The van der Waals surface area contributed by atoms with E-state index in [1.54, 1.807) is 0 Å². The van der Waals surface area contributed by atoms with Crippen molar-refractivity contribution in [3.8, 4) is 0 Å². The summed E-state index contributed by atoms with van der Waals surface area (Å²) in [7, 11) is 0. The first-order chi connectivity index (χ1) is 12.6. The zero-order chi connectivity index (χ0) is 18.1. The van der Waals surface area contributed by atoms with Crippen LogP contribution < -0.4 is 10.2 Å². The molecule has 0 aromatic heterocycles. The van der Waals surface area contributed by atoms with Crippen molar-refractivity contribution in [2.75, 3.05) is 36.4 Å². The van der Waals surface area contributed by atoms with Crippen LogP contribution in [-0.4, -0.2) is 42.9 Å². The number of carbonyl (C=O) groups excluding carboxylic acids is 2. The molecular weight excluding hydrogens is 326 g/mol. The third kappa shape index (κ3) is 3.29. The molecule has 0 saturated carbocycles. The molecule has 0 unspecified atom stereocenters. The smallest absolute Gasteiger partial charge is 0.253 e.